The Balaban J connectivity index is 1.58. The minimum absolute atomic E-state index is 0.387. The molecule has 0 aliphatic carbocycles. The lowest BCUT2D eigenvalue weighted by Gasteiger charge is -2.11. The summed E-state index contributed by atoms with van der Waals surface area (Å²) in [5.41, 5.74) is 3.67. The predicted molar refractivity (Wildman–Crippen MR) is 110 cm³/mol. The van der Waals surface area contributed by atoms with Gasteiger partial charge in [0.15, 0.2) is 6.61 Å². The van der Waals surface area contributed by atoms with Gasteiger partial charge in [0.2, 0.25) is 0 Å². The summed E-state index contributed by atoms with van der Waals surface area (Å²) in [7, 11) is 1.52. The number of amides is 1. The molecule has 0 saturated carbocycles. The monoisotopic (exact) mass is 414 g/mol. The summed E-state index contributed by atoms with van der Waals surface area (Å²) in [6.07, 6.45) is 0. The number of anilines is 1. The van der Waals surface area contributed by atoms with Crippen molar-refractivity contribution in [3.8, 4) is 5.75 Å². The lowest BCUT2D eigenvalue weighted by molar-refractivity contribution is -0.119. The van der Waals surface area contributed by atoms with Crippen LogP contribution in [0, 0.1) is 0 Å². The summed E-state index contributed by atoms with van der Waals surface area (Å²) in [5, 5.41) is 4.64. The Bertz CT molecular complexity index is 945. The van der Waals surface area contributed by atoms with Crippen LogP contribution in [0.25, 0.3) is 0 Å². The number of nitrogens with zero attached hydrogens (tertiary/aromatic N) is 1. The molecule has 1 amide bonds. The standard InChI is InChI=1S/C20H18N2O4S2/c1-25-17-8-4-3-7-16(17)22-19(23)10-26-20(24)15-6-2-5-9-18(15)28-12-14-11-27-13-21-14/h2-9,11,13H,10,12H2,1H3,(H,22,23). The van der Waals surface area contributed by atoms with Crippen molar-refractivity contribution >= 4 is 40.7 Å². The molecule has 0 spiro atoms. The molecule has 1 heterocycles. The van der Waals surface area contributed by atoms with Crippen LogP contribution >= 0.6 is 23.1 Å². The van der Waals surface area contributed by atoms with Gasteiger partial charge in [-0.15, -0.1) is 23.1 Å². The molecule has 8 heteroatoms. The third kappa shape index (κ3) is 5.34. The number of esters is 1. The summed E-state index contributed by atoms with van der Waals surface area (Å²) in [6, 6.07) is 14.2. The van der Waals surface area contributed by atoms with Crippen molar-refractivity contribution in [2.75, 3.05) is 19.0 Å². The zero-order chi connectivity index (χ0) is 19.8. The van der Waals surface area contributed by atoms with Gasteiger partial charge in [-0.05, 0) is 24.3 Å². The van der Waals surface area contributed by atoms with Crippen LogP contribution in [0.2, 0.25) is 0 Å². The molecule has 0 saturated heterocycles. The van der Waals surface area contributed by atoms with E-state index in [1.54, 1.807) is 41.9 Å². The topological polar surface area (TPSA) is 77.5 Å². The minimum atomic E-state index is -0.545. The Morgan fingerprint density at radius 1 is 1.14 bits per heavy atom. The molecule has 1 N–H and O–H groups in total. The van der Waals surface area contributed by atoms with Crippen molar-refractivity contribution < 1.29 is 19.1 Å². The van der Waals surface area contributed by atoms with Crippen molar-refractivity contribution in [1.82, 2.24) is 4.98 Å². The molecule has 28 heavy (non-hydrogen) atoms. The van der Waals surface area contributed by atoms with Gasteiger partial charge in [-0.25, -0.2) is 9.78 Å². The third-order valence-electron chi connectivity index (χ3n) is 3.68. The average Bonchev–Trinajstić information content (AvgIpc) is 3.25. The van der Waals surface area contributed by atoms with Crippen molar-refractivity contribution in [3.05, 3.63) is 70.7 Å². The molecule has 0 radical (unpaired) electrons. The van der Waals surface area contributed by atoms with E-state index in [2.05, 4.69) is 10.3 Å². The van der Waals surface area contributed by atoms with Gasteiger partial charge in [0.25, 0.3) is 5.91 Å². The lowest BCUT2D eigenvalue weighted by atomic mass is 10.2. The molecule has 0 fully saturated rings. The number of thioether (sulfide) groups is 1. The SMILES string of the molecule is COc1ccccc1NC(=O)COC(=O)c1ccccc1SCc1cscn1. The summed E-state index contributed by atoms with van der Waals surface area (Å²) in [4.78, 5) is 29.6. The maximum absolute atomic E-state index is 12.5. The smallest absolute Gasteiger partial charge is 0.339 e. The number of carbonyl (C=O) groups is 2. The van der Waals surface area contributed by atoms with E-state index in [4.69, 9.17) is 9.47 Å². The van der Waals surface area contributed by atoms with E-state index in [0.29, 0.717) is 22.8 Å². The highest BCUT2D eigenvalue weighted by Crippen LogP contribution is 2.27. The van der Waals surface area contributed by atoms with Crippen LogP contribution in [0.15, 0.2) is 64.3 Å². The minimum Gasteiger partial charge on any atom is -0.495 e. The van der Waals surface area contributed by atoms with E-state index in [9.17, 15) is 9.59 Å². The lowest BCUT2D eigenvalue weighted by Crippen LogP contribution is -2.21. The maximum atomic E-state index is 12.5. The number of aromatic nitrogens is 1. The molecule has 0 aliphatic rings. The van der Waals surface area contributed by atoms with E-state index in [-0.39, 0.29) is 6.61 Å². The highest BCUT2D eigenvalue weighted by atomic mass is 32.2. The van der Waals surface area contributed by atoms with Gasteiger partial charge in [0.1, 0.15) is 5.75 Å². The summed E-state index contributed by atoms with van der Waals surface area (Å²) >= 11 is 3.03. The first-order chi connectivity index (χ1) is 13.7. The van der Waals surface area contributed by atoms with Crippen LogP contribution in [0.4, 0.5) is 5.69 Å². The fourth-order valence-corrected chi connectivity index (χ4v) is 3.97. The van der Waals surface area contributed by atoms with Crippen LogP contribution in [-0.4, -0.2) is 30.6 Å². The number of methoxy groups -OCH3 is 1. The summed E-state index contributed by atoms with van der Waals surface area (Å²) in [6.45, 7) is -0.387. The molecule has 0 unspecified atom stereocenters. The fourth-order valence-electron chi connectivity index (χ4n) is 2.36. The molecule has 3 aromatic rings. The second-order valence-electron chi connectivity index (χ2n) is 5.59. The quantitative estimate of drug-likeness (QED) is 0.439. The van der Waals surface area contributed by atoms with Crippen LogP contribution < -0.4 is 10.1 Å². The van der Waals surface area contributed by atoms with E-state index in [1.807, 2.05) is 17.5 Å². The van der Waals surface area contributed by atoms with Crippen LogP contribution in [-0.2, 0) is 15.3 Å². The Hall–Kier alpha value is -2.84. The normalized spacial score (nSPS) is 10.3. The Morgan fingerprint density at radius 2 is 1.93 bits per heavy atom. The number of carbonyl (C=O) groups excluding carboxylic acids is 2. The molecule has 1 aromatic heterocycles. The largest absolute Gasteiger partial charge is 0.495 e. The average molecular weight is 415 g/mol. The van der Waals surface area contributed by atoms with Gasteiger partial charge in [-0.1, -0.05) is 24.3 Å². The molecule has 144 valence electrons. The molecule has 0 aliphatic heterocycles. The summed E-state index contributed by atoms with van der Waals surface area (Å²) < 4.78 is 10.4. The molecule has 0 atom stereocenters. The van der Waals surface area contributed by atoms with Crippen LogP contribution in [0.1, 0.15) is 16.1 Å². The van der Waals surface area contributed by atoms with Crippen molar-refractivity contribution in [3.63, 3.8) is 0 Å². The van der Waals surface area contributed by atoms with Gasteiger partial charge < -0.3 is 14.8 Å². The number of nitrogens with one attached hydrogen (secondary N) is 1. The highest BCUT2D eigenvalue weighted by molar-refractivity contribution is 7.98. The van der Waals surface area contributed by atoms with Crippen molar-refractivity contribution in [2.24, 2.45) is 0 Å². The molecular weight excluding hydrogens is 396 g/mol. The van der Waals surface area contributed by atoms with Gasteiger partial charge >= 0.3 is 5.97 Å². The van der Waals surface area contributed by atoms with Gasteiger partial charge in [-0.2, -0.15) is 0 Å². The number of benzene rings is 2. The van der Waals surface area contributed by atoms with Gasteiger partial charge in [-0.3, -0.25) is 4.79 Å². The molecule has 6 nitrogen and oxygen atoms in total. The van der Waals surface area contributed by atoms with Crippen molar-refractivity contribution in [1.29, 1.82) is 0 Å². The number of thiazole rings is 1. The Kier molecular flexibility index (Phi) is 7.05. The first-order valence-corrected chi connectivity index (χ1v) is 10.3. The zero-order valence-corrected chi connectivity index (χ0v) is 16.7. The number of hydrogen-bond acceptors (Lipinski definition) is 7. The van der Waals surface area contributed by atoms with E-state index < -0.39 is 11.9 Å². The highest BCUT2D eigenvalue weighted by Gasteiger charge is 2.15. The second kappa shape index (κ2) is 9.91. The predicted octanol–water partition coefficient (Wildman–Crippen LogP) is 4.24. The first kappa shape index (κ1) is 19.9. The number of ether oxygens (including phenoxy) is 2. The number of rotatable bonds is 8. The molecule has 2 aromatic carbocycles. The van der Waals surface area contributed by atoms with E-state index >= 15 is 0 Å². The van der Waals surface area contributed by atoms with Crippen LogP contribution in [0.5, 0.6) is 5.75 Å². The van der Waals surface area contributed by atoms with Crippen molar-refractivity contribution in [2.45, 2.75) is 10.6 Å². The van der Waals surface area contributed by atoms with Gasteiger partial charge in [0.05, 0.1) is 29.6 Å². The van der Waals surface area contributed by atoms with Gasteiger partial charge in [0, 0.05) is 16.0 Å². The Morgan fingerprint density at radius 3 is 2.71 bits per heavy atom. The number of para-hydroxylation sites is 2. The number of hydrogen-bond donors (Lipinski definition) is 1. The molecule has 3 rings (SSSR count). The molecular formula is C20H18N2O4S2. The third-order valence-corrected chi connectivity index (χ3v) is 5.42. The maximum Gasteiger partial charge on any atom is 0.339 e. The Labute approximate surface area is 170 Å². The van der Waals surface area contributed by atoms with E-state index in [1.165, 1.54) is 30.2 Å². The summed E-state index contributed by atoms with van der Waals surface area (Å²) in [5.74, 6) is 0.204. The zero-order valence-electron chi connectivity index (χ0n) is 15.1. The van der Waals surface area contributed by atoms with Crippen LogP contribution in [0.3, 0.4) is 0 Å². The fraction of sp³-hybridized carbons (Fsp3) is 0.150. The first-order valence-electron chi connectivity index (χ1n) is 8.36. The van der Waals surface area contributed by atoms with E-state index in [0.717, 1.165) is 10.6 Å². The second-order valence-corrected chi connectivity index (χ2v) is 7.33. The molecule has 0 bridgehead atoms.